The lowest BCUT2D eigenvalue weighted by molar-refractivity contribution is 0.379. The molecule has 0 aliphatic carbocycles. The van der Waals surface area contributed by atoms with Crippen LogP contribution in [0.5, 0.6) is 0 Å². The summed E-state index contributed by atoms with van der Waals surface area (Å²) in [5.74, 6) is -104. The summed E-state index contributed by atoms with van der Waals surface area (Å²) in [5.41, 5.74) is -38.9. The van der Waals surface area contributed by atoms with E-state index in [2.05, 4.69) is 0 Å². The maximum Gasteiger partial charge on any atom is 0.200 e. The van der Waals surface area contributed by atoms with Gasteiger partial charge in [0, 0.05) is 0 Å². The Balaban J connectivity index is 1.70. The quantitative estimate of drug-likeness (QED) is 0.0884. The maximum absolute atomic E-state index is 16.7. The molecule has 0 unspecified atom stereocenters. The second kappa shape index (κ2) is 17.6. The number of hydrogen-bond acceptors (Lipinski definition) is 0. The minimum Gasteiger partial charge on any atom is -0.205 e. The first-order valence-electron chi connectivity index (χ1n) is 17.7. The lowest BCUT2D eigenvalue weighted by atomic mass is 9.87. The molecule has 7 rings (SSSR count). The van der Waals surface area contributed by atoms with Gasteiger partial charge >= 0.3 is 0 Å². The Bertz CT molecular complexity index is 3060. The normalized spacial score (nSPS) is 11.8. The second-order valence-electron chi connectivity index (χ2n) is 13.9. The SMILES string of the molecule is Fc1c(F)c(F)c(-c2c(F)c(F)c(-c3c(F)c(-c4c(F)c(F)c(-c5c(F)c(F)c(F)c(F)c5F)c(F)c4F)c(F)c(-c4c(F)c(F)c(-c5c(F)c(F)c(F)c(F)c5F)c(F)c4F)c3F)c(F)c2F)c(F)c1F. The highest BCUT2D eigenvalue weighted by Gasteiger charge is 2.44. The van der Waals surface area contributed by atoms with E-state index in [0.717, 1.165) is 0 Å². The molecule has 0 nitrogen and oxygen atoms in total. The fourth-order valence-corrected chi connectivity index (χ4v) is 7.01. The standard InChI is InChI=1S/C42F30/c43-13-1(4-16(46)22(52)7(23(53)17(4)47)10-28(58)34(64)40(70)35(65)29(10)59)14(44)3(6-20(50)26(56)9(27(57)21(6)51)12-32(62)38(68)42(72)39(69)33(12)63)15(45)2(13)5-18(48)24(54)8(25(55)19(5)49)11-30(60)36(66)41(71)37(67)31(11)61. The van der Waals surface area contributed by atoms with E-state index in [9.17, 15) is 65.9 Å². The lowest BCUT2D eigenvalue weighted by Gasteiger charge is -2.21. The largest absolute Gasteiger partial charge is 0.205 e. The molecule has 0 bridgehead atoms. The molecule has 0 atom stereocenters. The van der Waals surface area contributed by atoms with E-state index >= 15 is 65.9 Å². The molecule has 378 valence electrons. The van der Waals surface area contributed by atoms with Gasteiger partial charge in [0.05, 0.1) is 66.8 Å². The van der Waals surface area contributed by atoms with Crippen LogP contribution < -0.4 is 0 Å². The molecule has 0 radical (unpaired) electrons. The van der Waals surface area contributed by atoms with Crippen molar-refractivity contribution in [3.05, 3.63) is 175 Å². The summed E-state index contributed by atoms with van der Waals surface area (Å²) in [4.78, 5) is 0. The van der Waals surface area contributed by atoms with Gasteiger partial charge < -0.3 is 0 Å². The van der Waals surface area contributed by atoms with Crippen molar-refractivity contribution in [3.63, 3.8) is 0 Å². The summed E-state index contributed by atoms with van der Waals surface area (Å²) >= 11 is 0. The lowest BCUT2D eigenvalue weighted by Crippen LogP contribution is -2.14. The summed E-state index contributed by atoms with van der Waals surface area (Å²) in [5, 5.41) is 0. The van der Waals surface area contributed by atoms with Crippen molar-refractivity contribution in [1.82, 2.24) is 0 Å². The van der Waals surface area contributed by atoms with E-state index < -0.39 is 241 Å². The Labute approximate surface area is 373 Å². The Hall–Kier alpha value is -7.56. The molecular formula is C42F30. The molecule has 0 amide bonds. The molecule has 0 N–H and O–H groups in total. The van der Waals surface area contributed by atoms with Gasteiger partial charge in [-0.1, -0.05) is 0 Å². The van der Waals surface area contributed by atoms with Crippen LogP contribution in [0.2, 0.25) is 0 Å². The first-order valence-corrected chi connectivity index (χ1v) is 17.7. The zero-order chi connectivity index (χ0) is 54.2. The fraction of sp³-hybridized carbons (Fsp3) is 0. The summed E-state index contributed by atoms with van der Waals surface area (Å²) in [6.45, 7) is 0. The number of benzene rings is 7. The van der Waals surface area contributed by atoms with Crippen LogP contribution >= 0.6 is 0 Å². The van der Waals surface area contributed by atoms with Crippen LogP contribution in [0.25, 0.3) is 66.8 Å². The van der Waals surface area contributed by atoms with Gasteiger partial charge in [-0.2, -0.15) is 0 Å². The van der Waals surface area contributed by atoms with Crippen molar-refractivity contribution >= 4 is 0 Å². The molecule has 30 heteroatoms. The van der Waals surface area contributed by atoms with Crippen molar-refractivity contribution in [2.45, 2.75) is 0 Å². The Morgan fingerprint density at radius 3 is 0.222 bits per heavy atom. The van der Waals surface area contributed by atoms with Gasteiger partial charge in [0.2, 0.25) is 17.5 Å². The predicted molar refractivity (Wildman–Crippen MR) is 178 cm³/mol. The molecule has 0 aliphatic rings. The van der Waals surface area contributed by atoms with E-state index in [-0.39, 0.29) is 0 Å². The molecule has 7 aromatic carbocycles. The average Bonchev–Trinajstić information content (AvgIpc) is 3.34. The van der Waals surface area contributed by atoms with E-state index in [0.29, 0.717) is 0 Å². The van der Waals surface area contributed by atoms with Gasteiger partial charge in [0.15, 0.2) is 140 Å². The Morgan fingerprint density at radius 2 is 0.125 bits per heavy atom. The first-order chi connectivity index (χ1) is 33.3. The Kier molecular flexibility index (Phi) is 12.8. The van der Waals surface area contributed by atoms with Crippen molar-refractivity contribution in [2.24, 2.45) is 0 Å². The van der Waals surface area contributed by atoms with Crippen LogP contribution in [-0.2, 0) is 0 Å². The molecule has 72 heavy (non-hydrogen) atoms. The first kappa shape index (κ1) is 52.3. The van der Waals surface area contributed by atoms with Gasteiger partial charge in [-0.25, -0.2) is 132 Å². The molecule has 7 aromatic rings. The molecule has 0 aliphatic heterocycles. The van der Waals surface area contributed by atoms with Crippen molar-refractivity contribution in [2.75, 3.05) is 0 Å². The minimum absolute atomic E-state index is 2.99. The Morgan fingerprint density at radius 1 is 0.0694 bits per heavy atom. The second-order valence-corrected chi connectivity index (χ2v) is 13.9. The minimum atomic E-state index is -3.78. The third-order valence-electron chi connectivity index (χ3n) is 10.2. The highest BCUT2D eigenvalue weighted by Crippen LogP contribution is 2.51. The van der Waals surface area contributed by atoms with Crippen LogP contribution in [0.4, 0.5) is 132 Å². The molecule has 0 saturated carbocycles. The molecule has 0 fully saturated rings. The molecule has 0 spiro atoms. The van der Waals surface area contributed by atoms with E-state index in [4.69, 9.17) is 0 Å². The summed E-state index contributed by atoms with van der Waals surface area (Å²) < 4.78 is 453. The number of hydrogen-bond donors (Lipinski definition) is 0. The van der Waals surface area contributed by atoms with Crippen LogP contribution in [0.3, 0.4) is 0 Å². The van der Waals surface area contributed by atoms with Gasteiger partial charge in [0.1, 0.15) is 17.5 Å². The topological polar surface area (TPSA) is 0 Å². The van der Waals surface area contributed by atoms with E-state index in [1.165, 1.54) is 0 Å². The summed E-state index contributed by atoms with van der Waals surface area (Å²) in [6, 6.07) is 0. The zero-order valence-corrected chi connectivity index (χ0v) is 32.3. The van der Waals surface area contributed by atoms with Gasteiger partial charge in [0.25, 0.3) is 0 Å². The van der Waals surface area contributed by atoms with Crippen LogP contribution in [0, 0.1) is 175 Å². The molecule has 0 saturated heterocycles. The van der Waals surface area contributed by atoms with Gasteiger partial charge in [-0.15, -0.1) is 0 Å². The van der Waals surface area contributed by atoms with Gasteiger partial charge in [-0.3, -0.25) is 0 Å². The molecule has 0 aromatic heterocycles. The maximum atomic E-state index is 16.7. The smallest absolute Gasteiger partial charge is 0.200 e. The predicted octanol–water partition coefficient (Wildman–Crippen LogP) is 15.9. The summed E-state index contributed by atoms with van der Waals surface area (Å²) in [6.07, 6.45) is 0. The van der Waals surface area contributed by atoms with Crippen LogP contribution in [0.1, 0.15) is 0 Å². The average molecular weight is 1070 g/mol. The molecule has 0 heterocycles. The number of rotatable bonds is 6. The van der Waals surface area contributed by atoms with Crippen LogP contribution in [-0.4, -0.2) is 0 Å². The van der Waals surface area contributed by atoms with Gasteiger partial charge in [-0.05, 0) is 0 Å². The highest BCUT2D eigenvalue weighted by atomic mass is 19.2. The van der Waals surface area contributed by atoms with Crippen LogP contribution in [0.15, 0.2) is 0 Å². The fourth-order valence-electron chi connectivity index (χ4n) is 7.01. The van der Waals surface area contributed by atoms with Crippen molar-refractivity contribution < 1.29 is 132 Å². The van der Waals surface area contributed by atoms with Crippen molar-refractivity contribution in [1.29, 1.82) is 0 Å². The third kappa shape index (κ3) is 6.93. The van der Waals surface area contributed by atoms with Crippen molar-refractivity contribution in [3.8, 4) is 66.8 Å². The monoisotopic (exact) mass is 1070 g/mol. The summed E-state index contributed by atoms with van der Waals surface area (Å²) in [7, 11) is 0. The molecular weight excluding hydrogens is 1070 g/mol. The highest BCUT2D eigenvalue weighted by molar-refractivity contribution is 5.87. The zero-order valence-electron chi connectivity index (χ0n) is 32.3. The third-order valence-corrected chi connectivity index (χ3v) is 10.2. The van der Waals surface area contributed by atoms with E-state index in [1.54, 1.807) is 0 Å². The van der Waals surface area contributed by atoms with E-state index in [1.807, 2.05) is 0 Å². The number of halogens is 30.